The molecule has 0 aromatic heterocycles. The molecule has 0 aromatic carbocycles. The van der Waals surface area contributed by atoms with Crippen LogP contribution >= 0.6 is 0 Å². The molecule has 6 heteroatoms. The number of amides is 1. The Labute approximate surface area is 450 Å². The Kier molecular flexibility index (Phi) is 60.9. The SMILES string of the molecule is CCCCCCCCC/C=C\CCCCCCCC(=O)OCCCCCCCCCCCCCCCCCCCCCCCCCCCCCCC(=O)NC(CO)C(O)CCCCCCCCCCCCC. The Bertz CT molecular complexity index is 1080. The van der Waals surface area contributed by atoms with Gasteiger partial charge in [-0.15, -0.1) is 0 Å². The topological polar surface area (TPSA) is 95.9 Å². The Morgan fingerprint density at radius 1 is 0.375 bits per heavy atom. The minimum absolute atomic E-state index is 0.0121. The van der Waals surface area contributed by atoms with Crippen molar-refractivity contribution in [1.82, 2.24) is 5.32 Å². The van der Waals surface area contributed by atoms with Crippen LogP contribution < -0.4 is 5.32 Å². The molecule has 1 amide bonds. The molecule has 0 saturated carbocycles. The van der Waals surface area contributed by atoms with Crippen LogP contribution in [0.3, 0.4) is 0 Å². The molecule has 72 heavy (non-hydrogen) atoms. The van der Waals surface area contributed by atoms with Gasteiger partial charge in [-0.05, 0) is 51.4 Å². The van der Waals surface area contributed by atoms with Crippen LogP contribution in [0.5, 0.6) is 0 Å². The number of ether oxygens (including phenoxy) is 1. The van der Waals surface area contributed by atoms with Gasteiger partial charge < -0.3 is 20.3 Å². The van der Waals surface area contributed by atoms with Crippen molar-refractivity contribution in [2.24, 2.45) is 0 Å². The summed E-state index contributed by atoms with van der Waals surface area (Å²) in [5.41, 5.74) is 0. The van der Waals surface area contributed by atoms with Crippen LogP contribution in [-0.2, 0) is 14.3 Å². The van der Waals surface area contributed by atoms with E-state index in [-0.39, 0.29) is 18.5 Å². The summed E-state index contributed by atoms with van der Waals surface area (Å²) in [7, 11) is 0. The zero-order valence-electron chi connectivity index (χ0n) is 48.9. The Hall–Kier alpha value is -1.40. The van der Waals surface area contributed by atoms with Crippen LogP contribution in [0, 0.1) is 0 Å². The van der Waals surface area contributed by atoms with E-state index in [1.54, 1.807) is 0 Å². The summed E-state index contributed by atoms with van der Waals surface area (Å²) in [6, 6.07) is -0.537. The molecule has 428 valence electrons. The van der Waals surface area contributed by atoms with Crippen LogP contribution in [0.4, 0.5) is 0 Å². The Morgan fingerprint density at radius 3 is 0.986 bits per heavy atom. The number of aliphatic hydroxyl groups is 2. The van der Waals surface area contributed by atoms with E-state index in [1.165, 1.54) is 295 Å². The lowest BCUT2D eigenvalue weighted by atomic mass is 10.0. The molecule has 3 N–H and O–H groups in total. The molecule has 0 rings (SSSR count). The molecule has 0 fully saturated rings. The van der Waals surface area contributed by atoms with Crippen LogP contribution in [-0.4, -0.2) is 47.4 Å². The Morgan fingerprint density at radius 2 is 0.653 bits per heavy atom. The van der Waals surface area contributed by atoms with Crippen molar-refractivity contribution in [2.75, 3.05) is 13.2 Å². The van der Waals surface area contributed by atoms with Crippen LogP contribution in [0.15, 0.2) is 12.2 Å². The standard InChI is InChI=1S/C66H129NO5/c1-3-5-7-9-11-13-15-16-17-33-36-40-44-48-52-56-60-66(71)72-61-57-53-49-45-41-37-34-31-29-27-25-23-21-19-18-20-22-24-26-28-30-32-35-39-43-47-51-55-59-65(70)67-63(62-68)64(69)58-54-50-46-42-38-14-12-10-8-6-4-2/h17,33,63-64,68-69H,3-16,18-32,34-62H2,1-2H3,(H,67,70)/b33-17-. The minimum atomic E-state index is -0.660. The number of hydrogen-bond donors (Lipinski definition) is 3. The highest BCUT2D eigenvalue weighted by atomic mass is 16.5. The first-order chi connectivity index (χ1) is 35.5. The maximum absolute atomic E-state index is 12.5. The predicted molar refractivity (Wildman–Crippen MR) is 315 cm³/mol. The van der Waals surface area contributed by atoms with Gasteiger partial charge in [-0.25, -0.2) is 0 Å². The first-order valence-electron chi connectivity index (χ1n) is 32.9. The van der Waals surface area contributed by atoms with E-state index in [9.17, 15) is 19.8 Å². The molecule has 2 unspecified atom stereocenters. The van der Waals surface area contributed by atoms with Gasteiger partial charge >= 0.3 is 5.97 Å². The third-order valence-corrected chi connectivity index (χ3v) is 15.6. The molecule has 0 aliphatic heterocycles. The summed E-state index contributed by atoms with van der Waals surface area (Å²) in [4.78, 5) is 24.5. The monoisotopic (exact) mass is 1020 g/mol. The third-order valence-electron chi connectivity index (χ3n) is 15.6. The molecule has 0 saturated heterocycles. The van der Waals surface area contributed by atoms with Gasteiger partial charge in [0.15, 0.2) is 0 Å². The lowest BCUT2D eigenvalue weighted by Crippen LogP contribution is -2.45. The summed E-state index contributed by atoms with van der Waals surface area (Å²) in [5.74, 6) is -0.0189. The van der Waals surface area contributed by atoms with Gasteiger partial charge in [0, 0.05) is 12.8 Å². The number of carbonyl (C=O) groups is 2. The number of rotatable bonds is 62. The van der Waals surface area contributed by atoms with Gasteiger partial charge in [0.1, 0.15) is 0 Å². The lowest BCUT2D eigenvalue weighted by Gasteiger charge is -2.22. The lowest BCUT2D eigenvalue weighted by molar-refractivity contribution is -0.143. The normalized spacial score (nSPS) is 12.6. The molecule has 0 spiro atoms. The average molecular weight is 1020 g/mol. The van der Waals surface area contributed by atoms with E-state index in [0.717, 1.165) is 44.9 Å². The highest BCUT2D eigenvalue weighted by Gasteiger charge is 2.20. The zero-order chi connectivity index (χ0) is 52.2. The molecule has 0 radical (unpaired) electrons. The largest absolute Gasteiger partial charge is 0.466 e. The molecule has 0 bridgehead atoms. The highest BCUT2D eigenvalue weighted by molar-refractivity contribution is 5.76. The van der Waals surface area contributed by atoms with Crippen LogP contribution in [0.2, 0.25) is 0 Å². The number of hydrogen-bond acceptors (Lipinski definition) is 5. The highest BCUT2D eigenvalue weighted by Crippen LogP contribution is 2.19. The quantitative estimate of drug-likeness (QED) is 0.0320. The summed E-state index contributed by atoms with van der Waals surface area (Å²) in [5, 5.41) is 23.2. The van der Waals surface area contributed by atoms with Crippen molar-refractivity contribution >= 4 is 11.9 Å². The van der Waals surface area contributed by atoms with Gasteiger partial charge in [-0.2, -0.15) is 0 Å². The molecule has 2 atom stereocenters. The molecular formula is C66H129NO5. The zero-order valence-corrected chi connectivity index (χ0v) is 48.9. The van der Waals surface area contributed by atoms with Crippen molar-refractivity contribution in [3.63, 3.8) is 0 Å². The fourth-order valence-electron chi connectivity index (χ4n) is 10.5. The summed E-state index contributed by atoms with van der Waals surface area (Å²) in [6.07, 6.45) is 75.4. The number of nitrogens with one attached hydrogen (secondary N) is 1. The van der Waals surface area contributed by atoms with Crippen molar-refractivity contribution in [2.45, 2.75) is 386 Å². The maximum atomic E-state index is 12.5. The molecule has 6 nitrogen and oxygen atoms in total. The van der Waals surface area contributed by atoms with Crippen molar-refractivity contribution < 1.29 is 24.5 Å². The van der Waals surface area contributed by atoms with Crippen LogP contribution in [0.25, 0.3) is 0 Å². The van der Waals surface area contributed by atoms with E-state index in [1.807, 2.05) is 0 Å². The summed E-state index contributed by atoms with van der Waals surface area (Å²) in [6.45, 7) is 4.97. The van der Waals surface area contributed by atoms with Crippen molar-refractivity contribution in [3.05, 3.63) is 12.2 Å². The van der Waals surface area contributed by atoms with Gasteiger partial charge in [-0.1, -0.05) is 321 Å². The molecule has 0 heterocycles. The van der Waals surface area contributed by atoms with E-state index in [0.29, 0.717) is 25.9 Å². The van der Waals surface area contributed by atoms with E-state index in [4.69, 9.17) is 4.74 Å². The fraction of sp³-hybridized carbons (Fsp3) is 0.939. The number of carbonyl (C=O) groups excluding carboxylic acids is 2. The molecule has 0 aromatic rings. The van der Waals surface area contributed by atoms with Gasteiger partial charge in [0.25, 0.3) is 0 Å². The molecule has 0 aliphatic carbocycles. The minimum Gasteiger partial charge on any atom is -0.466 e. The first-order valence-corrected chi connectivity index (χ1v) is 32.9. The van der Waals surface area contributed by atoms with E-state index < -0.39 is 12.1 Å². The maximum Gasteiger partial charge on any atom is 0.305 e. The van der Waals surface area contributed by atoms with Gasteiger partial charge in [-0.3, -0.25) is 9.59 Å². The van der Waals surface area contributed by atoms with Crippen molar-refractivity contribution in [1.29, 1.82) is 0 Å². The number of aliphatic hydroxyl groups excluding tert-OH is 2. The molecule has 0 aliphatic rings. The number of unbranched alkanes of at least 4 members (excludes halogenated alkanes) is 49. The fourth-order valence-corrected chi connectivity index (χ4v) is 10.5. The van der Waals surface area contributed by atoms with Crippen molar-refractivity contribution in [3.8, 4) is 0 Å². The third kappa shape index (κ3) is 57.9. The summed E-state index contributed by atoms with van der Waals surface area (Å²) >= 11 is 0. The Balaban J connectivity index is 3.31. The van der Waals surface area contributed by atoms with Crippen LogP contribution in [0.1, 0.15) is 373 Å². The number of esters is 1. The van der Waals surface area contributed by atoms with Gasteiger partial charge in [0.2, 0.25) is 5.91 Å². The second-order valence-electron chi connectivity index (χ2n) is 22.8. The predicted octanol–water partition coefficient (Wildman–Crippen LogP) is 20.8. The van der Waals surface area contributed by atoms with E-state index >= 15 is 0 Å². The second-order valence-corrected chi connectivity index (χ2v) is 22.8. The average Bonchev–Trinajstić information content (AvgIpc) is 3.38. The van der Waals surface area contributed by atoms with E-state index in [2.05, 4.69) is 31.3 Å². The first kappa shape index (κ1) is 70.6. The van der Waals surface area contributed by atoms with Gasteiger partial charge in [0.05, 0.1) is 25.4 Å². The smallest absolute Gasteiger partial charge is 0.305 e. The second kappa shape index (κ2) is 62.1. The number of allylic oxidation sites excluding steroid dienone is 2. The summed E-state index contributed by atoms with van der Waals surface area (Å²) < 4.78 is 5.49. The molecular weight excluding hydrogens is 887 g/mol.